The van der Waals surface area contributed by atoms with E-state index in [1.165, 1.54) is 0 Å². The summed E-state index contributed by atoms with van der Waals surface area (Å²) in [4.78, 5) is 7.11. The van der Waals surface area contributed by atoms with Gasteiger partial charge in [-0.15, -0.1) is 22.7 Å². The van der Waals surface area contributed by atoms with Gasteiger partial charge < -0.3 is 0 Å². The molecule has 0 fully saturated rings. The highest BCUT2D eigenvalue weighted by atomic mass is 32.1. The molecule has 0 spiro atoms. The zero-order valence-electron chi connectivity index (χ0n) is 33.2. The molecular weight excluding hydrogens is 823 g/mol. The van der Waals surface area contributed by atoms with Crippen molar-refractivity contribution in [2.24, 2.45) is 0 Å². The molecule has 63 heavy (non-hydrogen) atoms. The maximum Gasteiger partial charge on any atom is 0.212 e. The van der Waals surface area contributed by atoms with Crippen molar-refractivity contribution < 1.29 is 0 Å². The van der Waals surface area contributed by atoms with Crippen molar-refractivity contribution in [1.29, 1.82) is 10.5 Å². The monoisotopic (exact) mass is 849 g/mol. The van der Waals surface area contributed by atoms with Crippen LogP contribution < -0.4 is 0 Å². The number of nitriles is 2. The van der Waals surface area contributed by atoms with E-state index < -0.39 is 0 Å². The lowest BCUT2D eigenvalue weighted by Crippen LogP contribution is -1.99. The van der Waals surface area contributed by atoms with Crippen LogP contribution in [0.25, 0.3) is 104 Å². The summed E-state index contributed by atoms with van der Waals surface area (Å²) < 4.78 is 0. The first kappa shape index (κ1) is 35.8. The van der Waals surface area contributed by atoms with Crippen LogP contribution >= 0.6 is 34.0 Å². The molecule has 3 aliphatic rings. The van der Waals surface area contributed by atoms with Crippen LogP contribution in [0.2, 0.25) is 0 Å². The van der Waals surface area contributed by atoms with Crippen molar-refractivity contribution >= 4 is 99.9 Å². The second kappa shape index (κ2) is 13.6. The van der Waals surface area contributed by atoms with E-state index in [1.54, 1.807) is 34.0 Å². The van der Waals surface area contributed by atoms with E-state index in [-0.39, 0.29) is 0 Å². The third kappa shape index (κ3) is 4.96. The van der Waals surface area contributed by atoms with E-state index in [2.05, 4.69) is 126 Å². The van der Waals surface area contributed by atoms with Gasteiger partial charge >= 0.3 is 0 Å². The number of thiophene rings is 3. The highest BCUT2D eigenvalue weighted by Gasteiger charge is 2.45. The molecule has 0 saturated heterocycles. The Morgan fingerprint density at radius 2 is 0.698 bits per heavy atom. The summed E-state index contributed by atoms with van der Waals surface area (Å²) in [5, 5.41) is 35.6. The largest absolute Gasteiger partial charge is 0.236 e. The molecule has 0 atom stereocenters. The maximum atomic E-state index is 11.5. The minimum Gasteiger partial charge on any atom is -0.236 e. The van der Waals surface area contributed by atoms with Gasteiger partial charge in [-0.05, 0) is 158 Å². The Bertz CT molecular complexity index is 3480. The number of allylic oxidation sites excluding steroid dienone is 2. The van der Waals surface area contributed by atoms with Crippen molar-refractivity contribution in [2.45, 2.75) is 0 Å². The van der Waals surface area contributed by atoms with Gasteiger partial charge in [0.15, 0.2) is 0 Å². The van der Waals surface area contributed by atoms with Gasteiger partial charge in [0, 0.05) is 36.9 Å². The van der Waals surface area contributed by atoms with E-state index in [0.29, 0.717) is 16.8 Å². The molecule has 0 radical (unpaired) electrons. The first-order valence-corrected chi connectivity index (χ1v) is 23.2. The summed E-state index contributed by atoms with van der Waals surface area (Å²) >= 11 is 4.71. The molecule has 3 aliphatic carbocycles. The van der Waals surface area contributed by atoms with Crippen LogP contribution in [0.3, 0.4) is 0 Å². The predicted molar refractivity (Wildman–Crippen MR) is 264 cm³/mol. The summed E-state index contributed by atoms with van der Waals surface area (Å²) in [6.07, 6.45) is 0. The second-order valence-electron chi connectivity index (χ2n) is 16.0. The number of rotatable bonds is 3. The molecule has 288 valence electrons. The quantitative estimate of drug-likeness (QED) is 0.131. The molecule has 0 aliphatic heterocycles. The second-order valence-corrected chi connectivity index (χ2v) is 18.8. The van der Waals surface area contributed by atoms with Gasteiger partial charge in [0.05, 0.1) is 17.7 Å². The van der Waals surface area contributed by atoms with Crippen molar-refractivity contribution in [2.75, 3.05) is 0 Å². The minimum absolute atomic E-state index is 0.589. The van der Waals surface area contributed by atoms with Crippen LogP contribution in [0, 0.1) is 29.2 Å². The lowest BCUT2D eigenvalue weighted by Gasteiger charge is -2.20. The SMILES string of the molecule is [C-]#[N+]/C(=C1/c2cc3ccccc3cc2-c2c1c1c(c3c2/C(=C(\C#N)c2cccs2)c2cc4ccccc4cc2-3)/C(=C(\C#N)c2cccs2)c2cc3ccccc3cc2-1)c1cccs1. The van der Waals surface area contributed by atoms with Crippen LogP contribution in [0.1, 0.15) is 48.0 Å². The Hall–Kier alpha value is -7.89. The number of hydrogen-bond donors (Lipinski definition) is 0. The minimum atomic E-state index is 0.589. The van der Waals surface area contributed by atoms with Crippen LogP contribution in [-0.4, -0.2) is 0 Å². The van der Waals surface area contributed by atoms with Crippen molar-refractivity contribution in [1.82, 2.24) is 0 Å². The molecule has 0 N–H and O–H groups in total. The molecule has 0 saturated carbocycles. The molecule has 3 nitrogen and oxygen atoms in total. The Balaban J connectivity index is 1.35. The molecule has 0 bridgehead atoms. The average molecular weight is 850 g/mol. The maximum absolute atomic E-state index is 11.5. The van der Waals surface area contributed by atoms with Gasteiger partial charge in [0.1, 0.15) is 12.1 Å². The fraction of sp³-hybridized carbons (Fsp3) is 0. The van der Waals surface area contributed by atoms with E-state index >= 15 is 0 Å². The number of benzene rings is 7. The van der Waals surface area contributed by atoms with Gasteiger partial charge in [-0.25, -0.2) is 4.85 Å². The molecule has 3 aromatic heterocycles. The summed E-state index contributed by atoms with van der Waals surface area (Å²) in [6.45, 7) is 8.97. The molecule has 13 rings (SSSR count). The van der Waals surface area contributed by atoms with Gasteiger partial charge in [0.25, 0.3) is 0 Å². The lowest BCUT2D eigenvalue weighted by molar-refractivity contribution is 1.53. The van der Waals surface area contributed by atoms with Gasteiger partial charge in [-0.3, -0.25) is 0 Å². The van der Waals surface area contributed by atoms with E-state index in [9.17, 15) is 10.5 Å². The summed E-state index contributed by atoms with van der Waals surface area (Å²) in [5.41, 5.74) is 16.5. The first-order chi connectivity index (χ1) is 31.1. The fourth-order valence-electron chi connectivity index (χ4n) is 10.4. The number of nitrogens with zero attached hydrogens (tertiary/aromatic N) is 3. The van der Waals surface area contributed by atoms with Crippen LogP contribution in [-0.2, 0) is 0 Å². The van der Waals surface area contributed by atoms with Crippen molar-refractivity contribution in [3.63, 3.8) is 0 Å². The average Bonchev–Trinajstić information content (AvgIpc) is 4.20. The molecule has 7 aromatic carbocycles. The highest BCUT2D eigenvalue weighted by Crippen LogP contribution is 2.67. The fourth-order valence-corrected chi connectivity index (χ4v) is 12.6. The summed E-state index contributed by atoms with van der Waals surface area (Å²) in [6, 6.07) is 56.7. The van der Waals surface area contributed by atoms with Crippen LogP contribution in [0.4, 0.5) is 0 Å². The summed E-state index contributed by atoms with van der Waals surface area (Å²) in [7, 11) is 0. The van der Waals surface area contributed by atoms with Crippen LogP contribution in [0.15, 0.2) is 162 Å². The first-order valence-electron chi connectivity index (χ1n) is 20.5. The van der Waals surface area contributed by atoms with E-state index in [4.69, 9.17) is 6.57 Å². The molecule has 0 unspecified atom stereocenters. The highest BCUT2D eigenvalue weighted by molar-refractivity contribution is 7.12. The van der Waals surface area contributed by atoms with E-state index in [1.807, 2.05) is 52.5 Å². The summed E-state index contributed by atoms with van der Waals surface area (Å²) in [5.74, 6) is 0. The smallest absolute Gasteiger partial charge is 0.212 e. The predicted octanol–water partition coefficient (Wildman–Crippen LogP) is 16.1. The zero-order chi connectivity index (χ0) is 41.9. The Morgan fingerprint density at radius 3 is 1.02 bits per heavy atom. The van der Waals surface area contributed by atoms with Crippen molar-refractivity contribution in [3.8, 4) is 45.5 Å². The standard InChI is InChI=1S/C57H27N3S3/c1-60-57(47-19-10-22-63-47)53-42-28-36-16-7-6-15-35(36)27-41(42)52-55-48(43(29-58)45-17-8-20-61-45)37-23-31-11-2-4-13-33(31)25-39(37)50(55)54-49(44(30-59)46-18-9-21-62-46)38-24-32-12-3-5-14-34(32)26-40(38)51(54)56(52)53/h2-28H/b48-43+,49-44+,57-53-. The zero-order valence-corrected chi connectivity index (χ0v) is 35.6. The third-order valence-corrected chi connectivity index (χ3v) is 15.5. The normalized spacial score (nSPS) is 15.2. The Labute approximate surface area is 374 Å². The van der Waals surface area contributed by atoms with Gasteiger partial charge in [-0.1, -0.05) is 97.1 Å². The topological polar surface area (TPSA) is 51.9 Å². The molecule has 3 heterocycles. The van der Waals surface area contributed by atoms with Gasteiger partial charge in [0.2, 0.25) is 5.70 Å². The molecule has 6 heteroatoms. The number of hydrogen-bond acceptors (Lipinski definition) is 5. The van der Waals surface area contributed by atoms with Crippen molar-refractivity contribution in [3.05, 3.63) is 221 Å². The van der Waals surface area contributed by atoms with E-state index in [0.717, 1.165) is 130 Å². The van der Waals surface area contributed by atoms with Crippen LogP contribution in [0.5, 0.6) is 0 Å². The lowest BCUT2D eigenvalue weighted by atomic mass is 9.82. The molecular formula is C57H27N3S3. The molecule has 0 amide bonds. The Kier molecular flexibility index (Phi) is 7.71. The Morgan fingerprint density at radius 1 is 0.381 bits per heavy atom. The third-order valence-electron chi connectivity index (χ3n) is 12.9. The number of fused-ring (bicyclic) bond motifs is 15. The molecule has 10 aromatic rings. The van der Waals surface area contributed by atoms with Gasteiger partial charge in [-0.2, -0.15) is 21.9 Å².